The van der Waals surface area contributed by atoms with Crippen LogP contribution in [0.2, 0.25) is 0 Å². The van der Waals surface area contributed by atoms with E-state index in [2.05, 4.69) is 9.97 Å². The molecule has 1 heterocycles. The monoisotopic (exact) mass is 300 g/mol. The number of ether oxygens (including phenoxy) is 2. The average molecular weight is 300 g/mol. The summed E-state index contributed by atoms with van der Waals surface area (Å²) in [7, 11) is 0. The SMILES string of the molecule is CC(=O)Oc1ccc(C(=O)COC(=O)c2cnccn2)cc1. The lowest BCUT2D eigenvalue weighted by molar-refractivity contribution is -0.131. The van der Waals surface area contributed by atoms with E-state index >= 15 is 0 Å². The topological polar surface area (TPSA) is 95.5 Å². The van der Waals surface area contributed by atoms with Crippen LogP contribution in [0.5, 0.6) is 5.75 Å². The third-order valence-corrected chi connectivity index (χ3v) is 2.54. The van der Waals surface area contributed by atoms with Crippen molar-refractivity contribution in [3.63, 3.8) is 0 Å². The highest BCUT2D eigenvalue weighted by Gasteiger charge is 2.13. The molecule has 2 rings (SSSR count). The summed E-state index contributed by atoms with van der Waals surface area (Å²) >= 11 is 0. The van der Waals surface area contributed by atoms with Crippen molar-refractivity contribution in [2.75, 3.05) is 6.61 Å². The maximum absolute atomic E-state index is 11.9. The second-order valence-electron chi connectivity index (χ2n) is 4.21. The van der Waals surface area contributed by atoms with Gasteiger partial charge in [-0.1, -0.05) is 0 Å². The normalized spacial score (nSPS) is 9.86. The Balaban J connectivity index is 1.92. The number of hydrogen-bond donors (Lipinski definition) is 0. The number of ketones is 1. The Kier molecular flexibility index (Phi) is 4.92. The van der Waals surface area contributed by atoms with E-state index in [1.54, 1.807) is 0 Å². The van der Waals surface area contributed by atoms with Crippen LogP contribution >= 0.6 is 0 Å². The molecule has 2 aromatic rings. The van der Waals surface area contributed by atoms with Crippen LogP contribution in [-0.4, -0.2) is 34.3 Å². The van der Waals surface area contributed by atoms with Crippen LogP contribution in [0.15, 0.2) is 42.9 Å². The fourth-order valence-corrected chi connectivity index (χ4v) is 1.57. The standard InChI is InChI=1S/C15H12N2O5/c1-10(18)22-12-4-2-11(3-5-12)14(19)9-21-15(20)13-8-16-6-7-17-13/h2-8H,9H2,1H3. The van der Waals surface area contributed by atoms with Crippen LogP contribution < -0.4 is 4.74 Å². The number of carbonyl (C=O) groups excluding carboxylic acids is 3. The van der Waals surface area contributed by atoms with Crippen molar-refractivity contribution in [1.82, 2.24) is 9.97 Å². The van der Waals surface area contributed by atoms with Crippen LogP contribution in [-0.2, 0) is 9.53 Å². The van der Waals surface area contributed by atoms with E-state index in [0.717, 1.165) is 0 Å². The summed E-state index contributed by atoms with van der Waals surface area (Å²) in [6.07, 6.45) is 4.03. The molecule has 0 aliphatic heterocycles. The minimum atomic E-state index is -0.724. The van der Waals surface area contributed by atoms with Gasteiger partial charge in [-0.05, 0) is 24.3 Å². The Morgan fingerprint density at radius 1 is 1.09 bits per heavy atom. The Morgan fingerprint density at radius 2 is 1.82 bits per heavy atom. The van der Waals surface area contributed by atoms with Crippen LogP contribution in [0, 0.1) is 0 Å². The van der Waals surface area contributed by atoms with Crippen LogP contribution in [0.1, 0.15) is 27.8 Å². The van der Waals surface area contributed by atoms with E-state index in [1.807, 2.05) is 0 Å². The van der Waals surface area contributed by atoms with E-state index in [1.165, 1.54) is 49.8 Å². The number of nitrogens with zero attached hydrogens (tertiary/aromatic N) is 2. The molecule has 0 aliphatic rings. The first-order valence-electron chi connectivity index (χ1n) is 6.31. The number of carbonyl (C=O) groups is 3. The van der Waals surface area contributed by atoms with Crippen molar-refractivity contribution >= 4 is 17.7 Å². The van der Waals surface area contributed by atoms with Gasteiger partial charge in [0, 0.05) is 24.9 Å². The van der Waals surface area contributed by atoms with Gasteiger partial charge in [-0.25, -0.2) is 9.78 Å². The molecule has 0 saturated heterocycles. The van der Waals surface area contributed by atoms with Gasteiger partial charge in [0.05, 0.1) is 6.20 Å². The molecule has 0 N–H and O–H groups in total. The van der Waals surface area contributed by atoms with Gasteiger partial charge in [-0.2, -0.15) is 0 Å². The van der Waals surface area contributed by atoms with Crippen molar-refractivity contribution in [2.45, 2.75) is 6.92 Å². The summed E-state index contributed by atoms with van der Waals surface area (Å²) in [4.78, 5) is 41.8. The average Bonchev–Trinajstić information content (AvgIpc) is 2.53. The predicted octanol–water partition coefficient (Wildman–Crippen LogP) is 1.44. The highest BCUT2D eigenvalue weighted by Crippen LogP contribution is 2.13. The molecule has 1 aromatic carbocycles. The minimum Gasteiger partial charge on any atom is -0.453 e. The van der Waals surface area contributed by atoms with Crippen molar-refractivity contribution < 1.29 is 23.9 Å². The van der Waals surface area contributed by atoms with E-state index in [9.17, 15) is 14.4 Å². The molecule has 7 nitrogen and oxygen atoms in total. The molecule has 0 aliphatic carbocycles. The number of benzene rings is 1. The second-order valence-corrected chi connectivity index (χ2v) is 4.21. The van der Waals surface area contributed by atoms with Crippen molar-refractivity contribution in [3.05, 3.63) is 54.1 Å². The maximum atomic E-state index is 11.9. The quantitative estimate of drug-likeness (QED) is 0.468. The first-order valence-corrected chi connectivity index (χ1v) is 6.31. The summed E-state index contributed by atoms with van der Waals surface area (Å²) in [6.45, 7) is 0.868. The maximum Gasteiger partial charge on any atom is 0.358 e. The highest BCUT2D eigenvalue weighted by molar-refractivity contribution is 5.99. The van der Waals surface area contributed by atoms with Gasteiger partial charge in [0.25, 0.3) is 0 Å². The molecule has 0 unspecified atom stereocenters. The van der Waals surface area contributed by atoms with Crippen molar-refractivity contribution in [2.24, 2.45) is 0 Å². The molecule has 0 fully saturated rings. The molecule has 0 amide bonds. The van der Waals surface area contributed by atoms with Crippen LogP contribution in [0.3, 0.4) is 0 Å². The lowest BCUT2D eigenvalue weighted by Gasteiger charge is -2.05. The zero-order valence-electron chi connectivity index (χ0n) is 11.7. The molecule has 0 bridgehead atoms. The van der Waals surface area contributed by atoms with E-state index in [4.69, 9.17) is 9.47 Å². The van der Waals surface area contributed by atoms with Crippen LogP contribution in [0.25, 0.3) is 0 Å². The molecular weight excluding hydrogens is 288 g/mol. The summed E-state index contributed by atoms with van der Waals surface area (Å²) in [5.41, 5.74) is 0.364. The molecule has 1 aromatic heterocycles. The third kappa shape index (κ3) is 4.20. The Hall–Kier alpha value is -3.09. The number of hydrogen-bond acceptors (Lipinski definition) is 7. The van der Waals surface area contributed by atoms with Crippen LogP contribution in [0.4, 0.5) is 0 Å². The summed E-state index contributed by atoms with van der Waals surface area (Å²) in [5.74, 6) is -1.22. The van der Waals surface area contributed by atoms with Gasteiger partial charge in [0.1, 0.15) is 5.75 Å². The zero-order valence-corrected chi connectivity index (χ0v) is 11.7. The van der Waals surface area contributed by atoms with Gasteiger partial charge in [0.2, 0.25) is 0 Å². The Labute approximate surface area is 125 Å². The zero-order chi connectivity index (χ0) is 15.9. The van der Waals surface area contributed by atoms with Gasteiger partial charge in [0.15, 0.2) is 18.1 Å². The third-order valence-electron chi connectivity index (χ3n) is 2.54. The number of rotatable bonds is 5. The molecule has 22 heavy (non-hydrogen) atoms. The number of esters is 2. The number of aromatic nitrogens is 2. The fraction of sp³-hybridized carbons (Fsp3) is 0.133. The van der Waals surface area contributed by atoms with Gasteiger partial charge >= 0.3 is 11.9 Å². The lowest BCUT2D eigenvalue weighted by atomic mass is 10.1. The number of Topliss-reactive ketones (excluding diaryl/α,β-unsaturated/α-hetero) is 1. The molecule has 7 heteroatoms. The Morgan fingerprint density at radius 3 is 2.41 bits per heavy atom. The van der Waals surface area contributed by atoms with E-state index in [0.29, 0.717) is 11.3 Å². The van der Waals surface area contributed by atoms with Gasteiger partial charge < -0.3 is 9.47 Å². The molecule has 0 radical (unpaired) electrons. The smallest absolute Gasteiger partial charge is 0.358 e. The first-order chi connectivity index (χ1) is 10.6. The first kappa shape index (κ1) is 15.3. The summed E-state index contributed by atoms with van der Waals surface area (Å²) in [6, 6.07) is 5.94. The summed E-state index contributed by atoms with van der Waals surface area (Å²) in [5, 5.41) is 0. The largest absolute Gasteiger partial charge is 0.453 e. The van der Waals surface area contributed by atoms with Crippen molar-refractivity contribution in [1.29, 1.82) is 0 Å². The molecule has 112 valence electrons. The highest BCUT2D eigenvalue weighted by atomic mass is 16.5. The Bertz CT molecular complexity index is 683. The fourth-order valence-electron chi connectivity index (χ4n) is 1.57. The van der Waals surface area contributed by atoms with Crippen molar-refractivity contribution in [3.8, 4) is 5.75 Å². The predicted molar refractivity (Wildman–Crippen MR) is 74.4 cm³/mol. The molecule has 0 saturated carbocycles. The second kappa shape index (κ2) is 7.07. The van der Waals surface area contributed by atoms with E-state index < -0.39 is 18.5 Å². The van der Waals surface area contributed by atoms with Gasteiger partial charge in [-0.15, -0.1) is 0 Å². The van der Waals surface area contributed by atoms with Gasteiger partial charge in [-0.3, -0.25) is 14.6 Å². The molecule has 0 atom stereocenters. The minimum absolute atomic E-state index is 0.0282. The molecular formula is C15H12N2O5. The van der Waals surface area contributed by atoms with E-state index in [-0.39, 0.29) is 11.5 Å². The lowest BCUT2D eigenvalue weighted by Crippen LogP contribution is -2.15. The molecule has 0 spiro atoms. The summed E-state index contributed by atoms with van der Waals surface area (Å²) < 4.78 is 9.72.